The molecule has 0 heterocycles. The van der Waals surface area contributed by atoms with Gasteiger partial charge < -0.3 is 5.11 Å². The SMILES string of the molecule is CCCCCCCCC(CO)(CCCCCCCC)CCCCCCCC. The van der Waals surface area contributed by atoms with E-state index >= 15 is 0 Å². The van der Waals surface area contributed by atoms with Crippen LogP contribution in [0.3, 0.4) is 0 Å². The van der Waals surface area contributed by atoms with E-state index in [1.165, 1.54) is 135 Å². The van der Waals surface area contributed by atoms with Crippen molar-refractivity contribution in [3.63, 3.8) is 0 Å². The summed E-state index contributed by atoms with van der Waals surface area (Å²) in [5.74, 6) is 0. The Labute approximate surface area is 173 Å². The molecule has 0 rings (SSSR count). The van der Waals surface area contributed by atoms with Gasteiger partial charge in [0.1, 0.15) is 0 Å². The van der Waals surface area contributed by atoms with Crippen molar-refractivity contribution in [3.8, 4) is 0 Å². The lowest BCUT2D eigenvalue weighted by Crippen LogP contribution is -2.26. The molecule has 0 aliphatic heterocycles. The topological polar surface area (TPSA) is 20.2 Å². The van der Waals surface area contributed by atoms with Crippen LogP contribution in [-0.4, -0.2) is 11.7 Å². The molecular formula is C26H54O. The second-order valence-electron chi connectivity index (χ2n) is 9.21. The van der Waals surface area contributed by atoms with Crippen molar-refractivity contribution < 1.29 is 5.11 Å². The number of hydrogen-bond acceptors (Lipinski definition) is 1. The van der Waals surface area contributed by atoms with E-state index in [1.54, 1.807) is 0 Å². The van der Waals surface area contributed by atoms with E-state index in [0.717, 1.165) is 0 Å². The third kappa shape index (κ3) is 16.6. The lowest BCUT2D eigenvalue weighted by atomic mass is 9.74. The second kappa shape index (κ2) is 20.7. The zero-order valence-electron chi connectivity index (χ0n) is 19.5. The number of aliphatic hydroxyl groups excluding tert-OH is 1. The largest absolute Gasteiger partial charge is 0.396 e. The van der Waals surface area contributed by atoms with E-state index in [2.05, 4.69) is 20.8 Å². The minimum atomic E-state index is 0.236. The van der Waals surface area contributed by atoms with Gasteiger partial charge in [-0.1, -0.05) is 136 Å². The maximum atomic E-state index is 10.3. The summed E-state index contributed by atoms with van der Waals surface area (Å²) in [5, 5.41) is 10.3. The maximum absolute atomic E-state index is 10.3. The molecule has 0 radical (unpaired) electrons. The van der Waals surface area contributed by atoms with Gasteiger partial charge in [0.25, 0.3) is 0 Å². The predicted octanol–water partition coefficient (Wildman–Crippen LogP) is 9.22. The predicted molar refractivity (Wildman–Crippen MR) is 123 cm³/mol. The smallest absolute Gasteiger partial charge is 0.0487 e. The van der Waals surface area contributed by atoms with E-state index in [9.17, 15) is 5.11 Å². The van der Waals surface area contributed by atoms with Crippen LogP contribution >= 0.6 is 0 Å². The molecule has 0 bridgehead atoms. The van der Waals surface area contributed by atoms with Crippen molar-refractivity contribution in [1.29, 1.82) is 0 Å². The van der Waals surface area contributed by atoms with E-state index < -0.39 is 0 Å². The van der Waals surface area contributed by atoms with Crippen molar-refractivity contribution in [2.75, 3.05) is 6.61 Å². The molecule has 0 unspecified atom stereocenters. The lowest BCUT2D eigenvalue weighted by molar-refractivity contribution is 0.0856. The Hall–Kier alpha value is -0.0400. The first-order chi connectivity index (χ1) is 13.2. The van der Waals surface area contributed by atoms with Crippen LogP contribution in [0.4, 0.5) is 0 Å². The van der Waals surface area contributed by atoms with Crippen molar-refractivity contribution in [1.82, 2.24) is 0 Å². The van der Waals surface area contributed by atoms with Crippen LogP contribution in [-0.2, 0) is 0 Å². The molecule has 1 nitrogen and oxygen atoms in total. The summed E-state index contributed by atoms with van der Waals surface area (Å²) in [4.78, 5) is 0. The van der Waals surface area contributed by atoms with E-state index in [4.69, 9.17) is 0 Å². The molecule has 0 amide bonds. The number of hydrogen-bond donors (Lipinski definition) is 1. The minimum Gasteiger partial charge on any atom is -0.396 e. The summed E-state index contributed by atoms with van der Waals surface area (Å²) in [5.41, 5.74) is 0.236. The van der Waals surface area contributed by atoms with Crippen LogP contribution in [0.5, 0.6) is 0 Å². The van der Waals surface area contributed by atoms with Crippen LogP contribution < -0.4 is 0 Å². The maximum Gasteiger partial charge on any atom is 0.0487 e. The van der Waals surface area contributed by atoms with Gasteiger partial charge in [-0.05, 0) is 24.7 Å². The number of aliphatic hydroxyl groups is 1. The highest BCUT2D eigenvalue weighted by molar-refractivity contribution is 4.79. The Morgan fingerprint density at radius 3 is 0.926 bits per heavy atom. The summed E-state index contributed by atoms with van der Waals surface area (Å²) in [6, 6.07) is 0. The molecule has 0 aliphatic carbocycles. The second-order valence-corrected chi connectivity index (χ2v) is 9.21. The monoisotopic (exact) mass is 382 g/mol. The van der Waals surface area contributed by atoms with Crippen molar-refractivity contribution in [2.45, 2.75) is 156 Å². The molecule has 0 spiro atoms. The normalized spacial score (nSPS) is 12.0. The average Bonchev–Trinajstić information content (AvgIpc) is 2.69. The summed E-state index contributed by atoms with van der Waals surface area (Å²) in [6.07, 6.45) is 28.4. The lowest BCUT2D eigenvalue weighted by Gasteiger charge is -2.32. The third-order valence-electron chi connectivity index (χ3n) is 6.52. The van der Waals surface area contributed by atoms with Gasteiger partial charge in [-0.15, -0.1) is 0 Å². The molecule has 0 saturated heterocycles. The Kier molecular flexibility index (Phi) is 20.7. The van der Waals surface area contributed by atoms with Gasteiger partial charge in [0, 0.05) is 6.61 Å². The zero-order chi connectivity index (χ0) is 20.1. The van der Waals surface area contributed by atoms with Crippen LogP contribution in [0.1, 0.15) is 156 Å². The van der Waals surface area contributed by atoms with Gasteiger partial charge in [-0.25, -0.2) is 0 Å². The summed E-state index contributed by atoms with van der Waals surface area (Å²) >= 11 is 0. The van der Waals surface area contributed by atoms with Crippen molar-refractivity contribution in [2.24, 2.45) is 5.41 Å². The van der Waals surface area contributed by atoms with E-state index in [0.29, 0.717) is 6.61 Å². The number of rotatable bonds is 22. The quantitative estimate of drug-likeness (QED) is 0.185. The van der Waals surface area contributed by atoms with Gasteiger partial charge >= 0.3 is 0 Å². The third-order valence-corrected chi connectivity index (χ3v) is 6.52. The van der Waals surface area contributed by atoms with Crippen LogP contribution in [0.2, 0.25) is 0 Å². The van der Waals surface area contributed by atoms with Gasteiger partial charge in [0.15, 0.2) is 0 Å². The Morgan fingerprint density at radius 1 is 0.407 bits per heavy atom. The van der Waals surface area contributed by atoms with Gasteiger partial charge in [0.05, 0.1) is 0 Å². The Bertz CT molecular complexity index is 233. The highest BCUT2D eigenvalue weighted by atomic mass is 16.3. The standard InChI is InChI=1S/C26H54O/c1-4-7-10-13-16-19-22-26(25-27,23-20-17-14-11-8-5-2)24-21-18-15-12-9-6-3/h27H,4-25H2,1-3H3. The zero-order valence-corrected chi connectivity index (χ0v) is 19.5. The molecule has 27 heavy (non-hydrogen) atoms. The summed E-state index contributed by atoms with van der Waals surface area (Å²) in [7, 11) is 0. The van der Waals surface area contributed by atoms with Gasteiger partial charge in [-0.3, -0.25) is 0 Å². The first-order valence-corrected chi connectivity index (χ1v) is 12.9. The molecule has 0 aromatic rings. The molecule has 0 aromatic carbocycles. The molecule has 1 heteroatoms. The molecular weight excluding hydrogens is 328 g/mol. The molecule has 1 N–H and O–H groups in total. The van der Waals surface area contributed by atoms with E-state index in [1.807, 2.05) is 0 Å². The molecule has 0 aliphatic rings. The highest BCUT2D eigenvalue weighted by Gasteiger charge is 2.27. The molecule has 0 fully saturated rings. The first kappa shape index (κ1) is 27.0. The van der Waals surface area contributed by atoms with Gasteiger partial charge in [-0.2, -0.15) is 0 Å². The molecule has 0 atom stereocenters. The summed E-state index contributed by atoms with van der Waals surface area (Å²) in [6.45, 7) is 7.29. The Morgan fingerprint density at radius 2 is 0.667 bits per heavy atom. The van der Waals surface area contributed by atoms with Crippen LogP contribution in [0, 0.1) is 5.41 Å². The Balaban J connectivity index is 4.23. The summed E-state index contributed by atoms with van der Waals surface area (Å²) < 4.78 is 0. The van der Waals surface area contributed by atoms with E-state index in [-0.39, 0.29) is 5.41 Å². The van der Waals surface area contributed by atoms with Crippen LogP contribution in [0.15, 0.2) is 0 Å². The average molecular weight is 383 g/mol. The van der Waals surface area contributed by atoms with Gasteiger partial charge in [0.2, 0.25) is 0 Å². The fourth-order valence-corrected chi connectivity index (χ4v) is 4.45. The van der Waals surface area contributed by atoms with Crippen molar-refractivity contribution in [3.05, 3.63) is 0 Å². The fourth-order valence-electron chi connectivity index (χ4n) is 4.45. The first-order valence-electron chi connectivity index (χ1n) is 12.9. The van der Waals surface area contributed by atoms with Crippen LogP contribution in [0.25, 0.3) is 0 Å². The fraction of sp³-hybridized carbons (Fsp3) is 1.00. The number of unbranched alkanes of at least 4 members (excludes halogenated alkanes) is 15. The molecule has 164 valence electrons. The molecule has 0 aromatic heterocycles. The minimum absolute atomic E-state index is 0.236. The highest BCUT2D eigenvalue weighted by Crippen LogP contribution is 2.37. The van der Waals surface area contributed by atoms with Crippen molar-refractivity contribution >= 4 is 0 Å². The molecule has 0 saturated carbocycles.